The minimum Gasteiger partial charge on any atom is -0.142 e. The van der Waals surface area contributed by atoms with E-state index in [1.54, 1.807) is 0 Å². The lowest BCUT2D eigenvalue weighted by Crippen LogP contribution is -1.64. The molecule has 2 aromatic carbocycles. The van der Waals surface area contributed by atoms with Crippen LogP contribution in [0, 0.1) is 0 Å². The van der Waals surface area contributed by atoms with Crippen LogP contribution in [0.15, 0.2) is 47.2 Å². The predicted molar refractivity (Wildman–Crippen MR) is 136 cm³/mol. The fourth-order valence-electron chi connectivity index (χ4n) is 4.22. The molecule has 0 unspecified atom stereocenters. The average Bonchev–Trinajstić information content (AvgIpc) is 3.47. The zero-order chi connectivity index (χ0) is 18.0. The smallest absolute Gasteiger partial charge is 0.0542 e. The lowest BCUT2D eigenvalue weighted by molar-refractivity contribution is 2.15. The summed E-state index contributed by atoms with van der Waals surface area (Å²) in [5.74, 6) is 0. The van der Waals surface area contributed by atoms with Crippen molar-refractivity contribution in [3.05, 3.63) is 47.2 Å². The fourth-order valence-corrected chi connectivity index (χ4v) is 11.6. The van der Waals surface area contributed by atoms with E-state index < -0.39 is 0 Å². The van der Waals surface area contributed by atoms with Crippen molar-refractivity contribution in [2.75, 3.05) is 0 Å². The van der Waals surface area contributed by atoms with Crippen molar-refractivity contribution in [3.8, 4) is 0 Å². The molecule has 0 aliphatic heterocycles. The topological polar surface area (TPSA) is 0 Å². The first-order valence-corrected chi connectivity index (χ1v) is 13.8. The van der Waals surface area contributed by atoms with Gasteiger partial charge in [-0.1, -0.05) is 0 Å². The molecule has 0 aliphatic carbocycles. The van der Waals surface area contributed by atoms with Crippen LogP contribution in [0.25, 0.3) is 68.5 Å². The summed E-state index contributed by atoms with van der Waals surface area (Å²) in [6.45, 7) is 0. The Bertz CT molecular complexity index is 1730. The van der Waals surface area contributed by atoms with Crippen molar-refractivity contribution in [1.82, 2.24) is 0 Å². The zero-order valence-electron chi connectivity index (χ0n) is 14.1. The van der Waals surface area contributed by atoms with E-state index in [0.717, 1.165) is 0 Å². The van der Waals surface area contributed by atoms with Gasteiger partial charge in [-0.2, -0.15) is 0 Å². The molecule has 0 atom stereocenters. The molecular weight excluding hydrogens is 457 g/mol. The maximum atomic E-state index is 2.45. The second kappa shape index (κ2) is 5.14. The number of rotatable bonds is 0. The van der Waals surface area contributed by atoms with Crippen LogP contribution in [0.2, 0.25) is 0 Å². The maximum absolute atomic E-state index is 2.45. The highest BCUT2D eigenvalue weighted by molar-refractivity contribution is 7.37. The first-order valence-electron chi connectivity index (χ1n) is 8.82. The van der Waals surface area contributed by atoms with E-state index in [-0.39, 0.29) is 0 Å². The summed E-state index contributed by atoms with van der Waals surface area (Å²) in [7, 11) is 0. The Labute approximate surface area is 182 Å². The van der Waals surface area contributed by atoms with E-state index in [0.29, 0.717) is 0 Å². The van der Waals surface area contributed by atoms with Gasteiger partial charge in [-0.05, 0) is 47.2 Å². The Morgan fingerprint density at radius 2 is 0.821 bits per heavy atom. The van der Waals surface area contributed by atoms with Gasteiger partial charge in [0.2, 0.25) is 0 Å². The third-order valence-corrected chi connectivity index (χ3v) is 12.4. The lowest BCUT2D eigenvalue weighted by Gasteiger charge is -1.93. The van der Waals surface area contributed by atoms with E-state index in [1.165, 1.54) is 68.5 Å². The van der Waals surface area contributed by atoms with Gasteiger partial charge >= 0.3 is 0 Å². The molecule has 0 aliphatic rings. The number of hydrogen-bond donors (Lipinski definition) is 0. The SMILES string of the molecule is c1cc2sc3cc4sc5c6cc7c(cc6sc5c4cc3c2s1)sc1ccsc17. The zero-order valence-corrected chi connectivity index (χ0v) is 19.0. The summed E-state index contributed by atoms with van der Waals surface area (Å²) in [6.07, 6.45) is 0. The van der Waals surface area contributed by atoms with Gasteiger partial charge < -0.3 is 0 Å². The highest BCUT2D eigenvalue weighted by Crippen LogP contribution is 2.49. The van der Waals surface area contributed by atoms with Crippen LogP contribution in [-0.2, 0) is 0 Å². The van der Waals surface area contributed by atoms with E-state index in [2.05, 4.69) is 47.2 Å². The largest absolute Gasteiger partial charge is 0.142 e. The summed E-state index contributed by atoms with van der Waals surface area (Å²) >= 11 is 11.5. The van der Waals surface area contributed by atoms with Gasteiger partial charge in [0.1, 0.15) is 0 Å². The second-order valence-electron chi connectivity index (χ2n) is 6.98. The Morgan fingerprint density at radius 3 is 1.32 bits per heavy atom. The molecule has 0 N–H and O–H groups in total. The monoisotopic (exact) mass is 464 g/mol. The molecule has 6 heterocycles. The van der Waals surface area contributed by atoms with Crippen molar-refractivity contribution in [3.63, 3.8) is 0 Å². The average molecular weight is 465 g/mol. The van der Waals surface area contributed by atoms with Gasteiger partial charge in [-0.3, -0.25) is 0 Å². The lowest BCUT2D eigenvalue weighted by atomic mass is 10.1. The first-order chi connectivity index (χ1) is 13.8. The summed E-state index contributed by atoms with van der Waals surface area (Å²) in [6, 6.07) is 14.3. The van der Waals surface area contributed by atoms with E-state index in [1.807, 2.05) is 68.0 Å². The number of thiophene rings is 6. The Hall–Kier alpha value is -1.54. The maximum Gasteiger partial charge on any atom is 0.0542 e. The molecule has 6 aromatic heterocycles. The molecule has 28 heavy (non-hydrogen) atoms. The van der Waals surface area contributed by atoms with Crippen LogP contribution in [0.5, 0.6) is 0 Å². The highest BCUT2D eigenvalue weighted by Gasteiger charge is 2.17. The second-order valence-corrected chi connectivity index (χ2v) is 13.1. The van der Waals surface area contributed by atoms with Crippen molar-refractivity contribution in [2.45, 2.75) is 0 Å². The minimum absolute atomic E-state index is 1.42. The van der Waals surface area contributed by atoms with Crippen LogP contribution < -0.4 is 0 Å². The number of fused-ring (bicyclic) bond motifs is 11. The molecule has 132 valence electrons. The van der Waals surface area contributed by atoms with Crippen molar-refractivity contribution in [1.29, 1.82) is 0 Å². The molecule has 0 amide bonds. The third-order valence-electron chi connectivity index (χ3n) is 5.47. The van der Waals surface area contributed by atoms with Crippen molar-refractivity contribution >= 4 is 137 Å². The first kappa shape index (κ1) is 15.3. The predicted octanol–water partition coefficient (Wildman–Crippen LogP) is 10.1. The van der Waals surface area contributed by atoms with Crippen LogP contribution in [0.1, 0.15) is 0 Å². The molecule has 0 fully saturated rings. The summed E-state index contributed by atoms with van der Waals surface area (Å²) in [4.78, 5) is 0. The van der Waals surface area contributed by atoms with Crippen LogP contribution in [0.3, 0.4) is 0 Å². The standard InChI is InChI=1S/C22H8S6/c1-3-23-19-9-5-11-17(7-15(9)25-13(1)19)27-22-12-6-10-16(8-18(12)28-21(11)22)26-14-2-4-24-20(10)14/h1-8H. The molecule has 0 bridgehead atoms. The molecule has 0 spiro atoms. The summed E-state index contributed by atoms with van der Waals surface area (Å²) in [5.41, 5.74) is 0. The van der Waals surface area contributed by atoms with Crippen LogP contribution in [-0.4, -0.2) is 0 Å². The quantitative estimate of drug-likeness (QED) is 0.209. The van der Waals surface area contributed by atoms with Crippen molar-refractivity contribution < 1.29 is 0 Å². The van der Waals surface area contributed by atoms with Gasteiger partial charge in [0.15, 0.2) is 0 Å². The highest BCUT2D eigenvalue weighted by atomic mass is 32.1. The van der Waals surface area contributed by atoms with E-state index in [4.69, 9.17) is 0 Å². The molecule has 6 heteroatoms. The van der Waals surface area contributed by atoms with Gasteiger partial charge in [-0.15, -0.1) is 68.0 Å². The molecular formula is C22H8S6. The fraction of sp³-hybridized carbons (Fsp3) is 0. The Morgan fingerprint density at radius 1 is 0.393 bits per heavy atom. The van der Waals surface area contributed by atoms with Crippen LogP contribution >= 0.6 is 68.0 Å². The third kappa shape index (κ3) is 1.80. The Balaban J connectivity index is 1.55. The van der Waals surface area contributed by atoms with E-state index >= 15 is 0 Å². The molecule has 8 aromatic rings. The summed E-state index contributed by atoms with van der Waals surface area (Å²) < 4.78 is 14.4. The van der Waals surface area contributed by atoms with Crippen LogP contribution in [0.4, 0.5) is 0 Å². The molecule has 0 radical (unpaired) electrons. The molecule has 0 saturated carbocycles. The minimum atomic E-state index is 1.42. The number of hydrogen-bond acceptors (Lipinski definition) is 6. The number of benzene rings is 2. The summed E-state index contributed by atoms with van der Waals surface area (Å²) in [5, 5.41) is 10.2. The van der Waals surface area contributed by atoms with Crippen molar-refractivity contribution in [2.24, 2.45) is 0 Å². The normalized spacial score (nSPS) is 13.0. The van der Waals surface area contributed by atoms with Gasteiger partial charge in [-0.25, -0.2) is 0 Å². The van der Waals surface area contributed by atoms with E-state index in [9.17, 15) is 0 Å². The van der Waals surface area contributed by atoms with Gasteiger partial charge in [0.05, 0.1) is 18.8 Å². The van der Waals surface area contributed by atoms with Gasteiger partial charge in [0, 0.05) is 49.7 Å². The van der Waals surface area contributed by atoms with Gasteiger partial charge in [0.25, 0.3) is 0 Å². The molecule has 8 rings (SSSR count). The molecule has 0 nitrogen and oxygen atoms in total. The Kier molecular flexibility index (Phi) is 2.81. The molecule has 0 saturated heterocycles.